The summed E-state index contributed by atoms with van der Waals surface area (Å²) in [4.78, 5) is 11.4. The molecule has 0 aliphatic heterocycles. The number of aromatic nitrogens is 3. The van der Waals surface area contributed by atoms with Gasteiger partial charge in [-0.15, -0.1) is 0 Å². The van der Waals surface area contributed by atoms with Crippen molar-refractivity contribution in [2.75, 3.05) is 23.3 Å². The average molecular weight is 182 g/mol. The molecule has 6 heteroatoms. The van der Waals surface area contributed by atoms with Crippen LogP contribution in [0, 0.1) is 0 Å². The van der Waals surface area contributed by atoms with Crippen LogP contribution in [0.3, 0.4) is 0 Å². The Labute approximate surface area is 76.8 Å². The first kappa shape index (κ1) is 9.50. The van der Waals surface area contributed by atoms with Crippen molar-refractivity contribution in [1.82, 2.24) is 15.0 Å². The van der Waals surface area contributed by atoms with E-state index in [1.165, 1.54) is 0 Å². The smallest absolute Gasteiger partial charge is 0.229 e. The van der Waals surface area contributed by atoms with Crippen LogP contribution in [0.1, 0.15) is 19.8 Å². The zero-order chi connectivity index (χ0) is 9.68. The second-order valence-corrected chi connectivity index (χ2v) is 2.66. The molecule has 5 N–H and O–H groups in total. The van der Waals surface area contributed by atoms with E-state index in [4.69, 9.17) is 11.5 Å². The van der Waals surface area contributed by atoms with E-state index in [2.05, 4.69) is 27.2 Å². The zero-order valence-electron chi connectivity index (χ0n) is 7.62. The Morgan fingerprint density at radius 3 is 2.31 bits per heavy atom. The van der Waals surface area contributed by atoms with Crippen LogP contribution in [-0.4, -0.2) is 21.5 Å². The molecule has 1 aromatic heterocycles. The van der Waals surface area contributed by atoms with Crippen LogP contribution in [0.15, 0.2) is 0 Å². The third-order valence-corrected chi connectivity index (χ3v) is 1.48. The molecule has 13 heavy (non-hydrogen) atoms. The molecule has 1 heterocycles. The average Bonchev–Trinajstić information content (AvgIpc) is 2.03. The number of anilines is 3. The molecule has 0 amide bonds. The summed E-state index contributed by atoms with van der Waals surface area (Å²) < 4.78 is 0. The maximum Gasteiger partial charge on any atom is 0.229 e. The lowest BCUT2D eigenvalue weighted by molar-refractivity contribution is 0.825. The second-order valence-electron chi connectivity index (χ2n) is 2.66. The SMILES string of the molecule is CCCCNc1nc(N)nc(N)n1. The Bertz CT molecular complexity index is 253. The number of nitrogens with one attached hydrogen (secondary N) is 1. The van der Waals surface area contributed by atoms with Crippen LogP contribution in [-0.2, 0) is 0 Å². The van der Waals surface area contributed by atoms with E-state index in [0.29, 0.717) is 5.95 Å². The lowest BCUT2D eigenvalue weighted by atomic mass is 10.3. The Morgan fingerprint density at radius 2 is 1.77 bits per heavy atom. The molecule has 0 spiro atoms. The fraction of sp³-hybridized carbons (Fsp3) is 0.571. The third kappa shape index (κ3) is 3.10. The molecule has 0 saturated heterocycles. The summed E-state index contributed by atoms with van der Waals surface area (Å²) in [5, 5.41) is 3.00. The highest BCUT2D eigenvalue weighted by atomic mass is 15.2. The first-order valence-corrected chi connectivity index (χ1v) is 4.23. The first-order chi connectivity index (χ1) is 6.22. The number of hydrogen-bond acceptors (Lipinski definition) is 6. The minimum atomic E-state index is 0.145. The molecule has 0 aromatic carbocycles. The van der Waals surface area contributed by atoms with E-state index in [-0.39, 0.29) is 11.9 Å². The fourth-order valence-corrected chi connectivity index (χ4v) is 0.865. The minimum absolute atomic E-state index is 0.145. The van der Waals surface area contributed by atoms with Gasteiger partial charge in [0.2, 0.25) is 17.8 Å². The van der Waals surface area contributed by atoms with Gasteiger partial charge < -0.3 is 16.8 Å². The summed E-state index contributed by atoms with van der Waals surface area (Å²) in [5.41, 5.74) is 10.8. The number of rotatable bonds is 4. The molecule has 1 aromatic rings. The van der Waals surface area contributed by atoms with E-state index in [1.807, 2.05) is 0 Å². The molecule has 0 aliphatic rings. The van der Waals surface area contributed by atoms with Gasteiger partial charge in [0.25, 0.3) is 0 Å². The van der Waals surface area contributed by atoms with Crippen molar-refractivity contribution in [3.63, 3.8) is 0 Å². The van der Waals surface area contributed by atoms with Crippen LogP contribution in [0.2, 0.25) is 0 Å². The number of hydrogen-bond donors (Lipinski definition) is 3. The monoisotopic (exact) mass is 182 g/mol. The standard InChI is InChI=1S/C7H14N6/c1-2-3-4-10-7-12-5(8)11-6(9)13-7/h2-4H2,1H3,(H5,8,9,10,11,12,13). The van der Waals surface area contributed by atoms with Crippen molar-refractivity contribution < 1.29 is 0 Å². The van der Waals surface area contributed by atoms with E-state index < -0.39 is 0 Å². The lowest BCUT2D eigenvalue weighted by Crippen LogP contribution is -2.10. The molecule has 0 aliphatic carbocycles. The van der Waals surface area contributed by atoms with E-state index >= 15 is 0 Å². The highest BCUT2D eigenvalue weighted by Crippen LogP contribution is 2.03. The minimum Gasteiger partial charge on any atom is -0.368 e. The lowest BCUT2D eigenvalue weighted by Gasteiger charge is -2.03. The predicted octanol–water partition coefficient (Wildman–Crippen LogP) is 0.248. The zero-order valence-corrected chi connectivity index (χ0v) is 7.62. The van der Waals surface area contributed by atoms with Crippen molar-refractivity contribution in [2.45, 2.75) is 19.8 Å². The molecule has 0 fully saturated rings. The Balaban J connectivity index is 2.56. The maximum atomic E-state index is 5.38. The summed E-state index contributed by atoms with van der Waals surface area (Å²) >= 11 is 0. The Morgan fingerprint density at radius 1 is 1.15 bits per heavy atom. The van der Waals surface area contributed by atoms with Crippen molar-refractivity contribution in [3.05, 3.63) is 0 Å². The van der Waals surface area contributed by atoms with E-state index in [0.717, 1.165) is 19.4 Å². The van der Waals surface area contributed by atoms with Crippen LogP contribution >= 0.6 is 0 Å². The molecule has 0 unspecified atom stereocenters. The summed E-state index contributed by atoms with van der Waals surface area (Å²) in [5.74, 6) is 0.733. The molecule has 72 valence electrons. The van der Waals surface area contributed by atoms with Gasteiger partial charge in [0, 0.05) is 6.54 Å². The summed E-state index contributed by atoms with van der Waals surface area (Å²) in [6.07, 6.45) is 2.18. The van der Waals surface area contributed by atoms with Crippen molar-refractivity contribution >= 4 is 17.8 Å². The Hall–Kier alpha value is -1.59. The quantitative estimate of drug-likeness (QED) is 0.577. The topological polar surface area (TPSA) is 103 Å². The van der Waals surface area contributed by atoms with Crippen LogP contribution in [0.4, 0.5) is 17.8 Å². The number of nitrogens with two attached hydrogens (primary N) is 2. The number of unbranched alkanes of at least 4 members (excludes halogenated alkanes) is 1. The van der Waals surface area contributed by atoms with E-state index in [1.54, 1.807) is 0 Å². The highest BCUT2D eigenvalue weighted by molar-refractivity contribution is 5.36. The summed E-state index contributed by atoms with van der Waals surface area (Å²) in [6, 6.07) is 0. The first-order valence-electron chi connectivity index (χ1n) is 4.23. The largest absolute Gasteiger partial charge is 0.368 e. The van der Waals surface area contributed by atoms with Crippen LogP contribution in [0.5, 0.6) is 0 Å². The molecular weight excluding hydrogens is 168 g/mol. The molecule has 0 saturated carbocycles. The van der Waals surface area contributed by atoms with Crippen molar-refractivity contribution in [3.8, 4) is 0 Å². The van der Waals surface area contributed by atoms with Gasteiger partial charge >= 0.3 is 0 Å². The molecule has 0 bridgehead atoms. The molecule has 1 rings (SSSR count). The van der Waals surface area contributed by atoms with Gasteiger partial charge in [-0.2, -0.15) is 15.0 Å². The fourth-order valence-electron chi connectivity index (χ4n) is 0.865. The predicted molar refractivity (Wildman–Crippen MR) is 52.0 cm³/mol. The summed E-state index contributed by atoms with van der Waals surface area (Å²) in [7, 11) is 0. The Kier molecular flexibility index (Phi) is 3.24. The van der Waals surface area contributed by atoms with Gasteiger partial charge in [0.05, 0.1) is 0 Å². The molecule has 0 atom stereocenters. The number of nitrogens with zero attached hydrogens (tertiary/aromatic N) is 3. The van der Waals surface area contributed by atoms with Gasteiger partial charge in [-0.3, -0.25) is 0 Å². The van der Waals surface area contributed by atoms with Crippen LogP contribution in [0.25, 0.3) is 0 Å². The van der Waals surface area contributed by atoms with Crippen molar-refractivity contribution in [1.29, 1.82) is 0 Å². The highest BCUT2D eigenvalue weighted by Gasteiger charge is 1.99. The van der Waals surface area contributed by atoms with Gasteiger partial charge in [-0.1, -0.05) is 13.3 Å². The van der Waals surface area contributed by atoms with Gasteiger partial charge in [0.15, 0.2) is 0 Å². The van der Waals surface area contributed by atoms with Crippen LogP contribution < -0.4 is 16.8 Å². The van der Waals surface area contributed by atoms with Gasteiger partial charge in [-0.25, -0.2) is 0 Å². The van der Waals surface area contributed by atoms with Gasteiger partial charge in [0.1, 0.15) is 0 Å². The third-order valence-electron chi connectivity index (χ3n) is 1.48. The van der Waals surface area contributed by atoms with Crippen molar-refractivity contribution in [2.24, 2.45) is 0 Å². The molecule has 6 nitrogen and oxygen atoms in total. The molecular formula is C7H14N6. The van der Waals surface area contributed by atoms with E-state index in [9.17, 15) is 0 Å². The summed E-state index contributed by atoms with van der Waals surface area (Å²) in [6.45, 7) is 2.93. The second kappa shape index (κ2) is 4.44. The molecule has 0 radical (unpaired) electrons. The van der Waals surface area contributed by atoms with Gasteiger partial charge in [-0.05, 0) is 6.42 Å². The number of nitrogen functional groups attached to an aromatic ring is 2. The normalized spacial score (nSPS) is 9.92. The maximum absolute atomic E-state index is 5.38.